The molecule has 3 heteroatoms. The number of hydrogen-bond donors (Lipinski definition) is 1. The molecule has 1 N–H and O–H groups in total. The SMILES string of the molecule is CC(Oc1cccc2ccccc12)C(=O)Nc1ccc(C(C)C)cc1. The van der Waals surface area contributed by atoms with Crippen LogP contribution in [-0.2, 0) is 4.79 Å². The Balaban J connectivity index is 1.70. The number of carbonyl (C=O) groups is 1. The Hall–Kier alpha value is -2.81. The van der Waals surface area contributed by atoms with Crippen molar-refractivity contribution in [2.45, 2.75) is 32.8 Å². The van der Waals surface area contributed by atoms with Crippen molar-refractivity contribution < 1.29 is 9.53 Å². The highest BCUT2D eigenvalue weighted by molar-refractivity contribution is 5.95. The van der Waals surface area contributed by atoms with Gasteiger partial charge in [-0.3, -0.25) is 4.79 Å². The first-order valence-electron chi connectivity index (χ1n) is 8.60. The standard InChI is InChI=1S/C22H23NO2/c1-15(2)17-11-13-19(14-12-17)23-22(24)16(3)25-21-10-6-8-18-7-4-5-9-20(18)21/h4-16H,1-3H3,(H,23,24). The lowest BCUT2D eigenvalue weighted by Gasteiger charge is -2.16. The molecule has 3 rings (SSSR count). The maximum atomic E-state index is 12.4. The Kier molecular flexibility index (Phi) is 5.03. The van der Waals surface area contributed by atoms with Gasteiger partial charge in [0.05, 0.1) is 0 Å². The lowest BCUT2D eigenvalue weighted by Crippen LogP contribution is -2.30. The molecule has 3 aromatic rings. The Bertz CT molecular complexity index is 863. The van der Waals surface area contributed by atoms with Crippen LogP contribution >= 0.6 is 0 Å². The van der Waals surface area contributed by atoms with E-state index >= 15 is 0 Å². The molecule has 0 aliphatic rings. The van der Waals surface area contributed by atoms with Crippen molar-refractivity contribution in [2.75, 3.05) is 5.32 Å². The van der Waals surface area contributed by atoms with Crippen molar-refractivity contribution >= 4 is 22.4 Å². The molecule has 0 fully saturated rings. The van der Waals surface area contributed by atoms with Gasteiger partial charge in [0, 0.05) is 11.1 Å². The highest BCUT2D eigenvalue weighted by atomic mass is 16.5. The topological polar surface area (TPSA) is 38.3 Å². The van der Waals surface area contributed by atoms with Crippen molar-refractivity contribution in [2.24, 2.45) is 0 Å². The Morgan fingerprint density at radius 1 is 0.880 bits per heavy atom. The van der Waals surface area contributed by atoms with Crippen LogP contribution in [0.4, 0.5) is 5.69 Å². The van der Waals surface area contributed by atoms with Gasteiger partial charge in [-0.1, -0.05) is 62.4 Å². The maximum Gasteiger partial charge on any atom is 0.265 e. The Labute approximate surface area is 148 Å². The van der Waals surface area contributed by atoms with Gasteiger partial charge in [-0.15, -0.1) is 0 Å². The summed E-state index contributed by atoms with van der Waals surface area (Å²) in [5, 5.41) is 5.01. The fourth-order valence-electron chi connectivity index (χ4n) is 2.74. The molecule has 0 aliphatic heterocycles. The molecule has 0 radical (unpaired) electrons. The van der Waals surface area contributed by atoms with Gasteiger partial charge in [0.15, 0.2) is 6.10 Å². The molecular formula is C22H23NO2. The monoisotopic (exact) mass is 333 g/mol. The summed E-state index contributed by atoms with van der Waals surface area (Å²) in [4.78, 5) is 12.4. The van der Waals surface area contributed by atoms with Crippen LogP contribution in [0.15, 0.2) is 66.7 Å². The van der Waals surface area contributed by atoms with Crippen LogP contribution in [0.3, 0.4) is 0 Å². The summed E-state index contributed by atoms with van der Waals surface area (Å²) in [6.45, 7) is 6.06. The number of nitrogens with one attached hydrogen (secondary N) is 1. The normalized spacial score (nSPS) is 12.2. The summed E-state index contributed by atoms with van der Waals surface area (Å²) < 4.78 is 5.91. The van der Waals surface area contributed by atoms with E-state index in [9.17, 15) is 4.79 Å². The molecule has 0 saturated carbocycles. The van der Waals surface area contributed by atoms with E-state index in [1.807, 2.05) is 66.7 Å². The van der Waals surface area contributed by atoms with Crippen molar-refractivity contribution in [3.63, 3.8) is 0 Å². The molecule has 1 atom stereocenters. The zero-order valence-electron chi connectivity index (χ0n) is 14.8. The molecule has 128 valence electrons. The van der Waals surface area contributed by atoms with Gasteiger partial charge in [-0.2, -0.15) is 0 Å². The van der Waals surface area contributed by atoms with Crippen LogP contribution < -0.4 is 10.1 Å². The minimum atomic E-state index is -0.587. The smallest absolute Gasteiger partial charge is 0.265 e. The van der Waals surface area contributed by atoms with Crippen LogP contribution in [0, 0.1) is 0 Å². The minimum absolute atomic E-state index is 0.162. The number of benzene rings is 3. The summed E-state index contributed by atoms with van der Waals surface area (Å²) in [5.41, 5.74) is 2.03. The van der Waals surface area contributed by atoms with Gasteiger partial charge in [0.1, 0.15) is 5.75 Å². The van der Waals surface area contributed by atoms with Gasteiger partial charge < -0.3 is 10.1 Å². The van der Waals surface area contributed by atoms with Crippen LogP contribution in [0.2, 0.25) is 0 Å². The molecule has 0 spiro atoms. The average Bonchev–Trinajstić information content (AvgIpc) is 2.62. The van der Waals surface area contributed by atoms with Crippen molar-refractivity contribution in [3.05, 3.63) is 72.3 Å². The predicted octanol–water partition coefficient (Wildman–Crippen LogP) is 5.37. The molecule has 1 amide bonds. The Morgan fingerprint density at radius 2 is 1.56 bits per heavy atom. The molecule has 3 nitrogen and oxygen atoms in total. The van der Waals surface area contributed by atoms with Crippen molar-refractivity contribution in [1.82, 2.24) is 0 Å². The van der Waals surface area contributed by atoms with Crippen molar-refractivity contribution in [3.8, 4) is 5.75 Å². The van der Waals surface area contributed by atoms with Gasteiger partial charge in [-0.25, -0.2) is 0 Å². The highest BCUT2D eigenvalue weighted by Crippen LogP contribution is 2.26. The first kappa shape index (κ1) is 17.0. The highest BCUT2D eigenvalue weighted by Gasteiger charge is 2.16. The molecule has 0 bridgehead atoms. The van der Waals surface area contributed by atoms with Crippen LogP contribution in [0.25, 0.3) is 10.8 Å². The zero-order chi connectivity index (χ0) is 17.8. The summed E-state index contributed by atoms with van der Waals surface area (Å²) >= 11 is 0. The van der Waals surface area contributed by atoms with Crippen LogP contribution in [0.5, 0.6) is 5.75 Å². The second-order valence-corrected chi connectivity index (χ2v) is 6.50. The van der Waals surface area contributed by atoms with E-state index in [-0.39, 0.29) is 5.91 Å². The van der Waals surface area contributed by atoms with Gasteiger partial charge in [0.25, 0.3) is 5.91 Å². The van der Waals surface area contributed by atoms with E-state index in [1.165, 1.54) is 5.56 Å². The second-order valence-electron chi connectivity index (χ2n) is 6.50. The largest absolute Gasteiger partial charge is 0.480 e. The summed E-state index contributed by atoms with van der Waals surface area (Å²) in [5.74, 6) is 1.03. The number of fused-ring (bicyclic) bond motifs is 1. The fraction of sp³-hybridized carbons (Fsp3) is 0.227. The lowest BCUT2D eigenvalue weighted by atomic mass is 10.0. The fourth-order valence-corrected chi connectivity index (χ4v) is 2.74. The van der Waals surface area contributed by atoms with Gasteiger partial charge >= 0.3 is 0 Å². The predicted molar refractivity (Wildman–Crippen MR) is 103 cm³/mol. The van der Waals surface area contributed by atoms with Crippen molar-refractivity contribution in [1.29, 1.82) is 0 Å². The molecule has 25 heavy (non-hydrogen) atoms. The van der Waals surface area contributed by atoms with E-state index in [4.69, 9.17) is 4.74 Å². The molecule has 0 saturated heterocycles. The van der Waals surface area contributed by atoms with Crippen LogP contribution in [-0.4, -0.2) is 12.0 Å². The second kappa shape index (κ2) is 7.39. The van der Waals surface area contributed by atoms with E-state index in [0.29, 0.717) is 5.92 Å². The Morgan fingerprint density at radius 3 is 2.28 bits per heavy atom. The number of ether oxygens (including phenoxy) is 1. The molecular weight excluding hydrogens is 310 g/mol. The molecule has 0 heterocycles. The maximum absolute atomic E-state index is 12.4. The van der Waals surface area contributed by atoms with Gasteiger partial charge in [0.2, 0.25) is 0 Å². The summed E-state index contributed by atoms with van der Waals surface area (Å²) in [6, 6.07) is 21.8. The van der Waals surface area contributed by atoms with E-state index in [1.54, 1.807) is 6.92 Å². The molecule has 0 aliphatic carbocycles. The third-order valence-electron chi connectivity index (χ3n) is 4.27. The van der Waals surface area contributed by atoms with E-state index in [0.717, 1.165) is 22.2 Å². The first-order chi connectivity index (χ1) is 12.0. The summed E-state index contributed by atoms with van der Waals surface area (Å²) in [6.07, 6.45) is -0.587. The third kappa shape index (κ3) is 4.00. The number of anilines is 1. The first-order valence-corrected chi connectivity index (χ1v) is 8.60. The minimum Gasteiger partial charge on any atom is -0.480 e. The third-order valence-corrected chi connectivity index (χ3v) is 4.27. The van der Waals surface area contributed by atoms with E-state index in [2.05, 4.69) is 19.2 Å². The quantitative estimate of drug-likeness (QED) is 0.682. The number of amides is 1. The number of hydrogen-bond acceptors (Lipinski definition) is 2. The number of carbonyl (C=O) groups excluding carboxylic acids is 1. The van der Waals surface area contributed by atoms with Gasteiger partial charge in [-0.05, 0) is 42.0 Å². The zero-order valence-corrected chi connectivity index (χ0v) is 14.8. The molecule has 1 unspecified atom stereocenters. The number of rotatable bonds is 5. The van der Waals surface area contributed by atoms with E-state index < -0.39 is 6.10 Å². The average molecular weight is 333 g/mol. The summed E-state index contributed by atoms with van der Waals surface area (Å²) in [7, 11) is 0. The molecule has 3 aromatic carbocycles. The lowest BCUT2D eigenvalue weighted by molar-refractivity contribution is -0.122. The molecule has 0 aromatic heterocycles. The van der Waals surface area contributed by atoms with Crippen LogP contribution in [0.1, 0.15) is 32.3 Å².